The maximum atomic E-state index is 12.3. The molecule has 2 heterocycles. The predicted molar refractivity (Wildman–Crippen MR) is 140 cm³/mol. The molecule has 0 radical (unpaired) electrons. The molecule has 0 fully saturated rings. The van der Waals surface area contributed by atoms with Gasteiger partial charge >= 0.3 is 0 Å². The van der Waals surface area contributed by atoms with Crippen molar-refractivity contribution in [3.05, 3.63) is 64.9 Å². The van der Waals surface area contributed by atoms with Crippen LogP contribution in [-0.4, -0.2) is 47.0 Å². The number of nitrogens with zero attached hydrogens (tertiary/aromatic N) is 4. The van der Waals surface area contributed by atoms with E-state index in [9.17, 15) is 18.0 Å². The second kappa shape index (κ2) is 12.7. The number of aryl methyl sites for hydroxylation is 2. The Bertz CT molecular complexity index is 1290. The number of anilines is 2. The van der Waals surface area contributed by atoms with Crippen molar-refractivity contribution in [3.8, 4) is 11.4 Å². The lowest BCUT2D eigenvalue weighted by atomic mass is 10.0. The average Bonchev–Trinajstić information content (AvgIpc) is 3.42. The van der Waals surface area contributed by atoms with Crippen molar-refractivity contribution in [3.63, 3.8) is 0 Å². The van der Waals surface area contributed by atoms with E-state index in [-0.39, 0.29) is 18.5 Å². The van der Waals surface area contributed by atoms with Gasteiger partial charge in [0.2, 0.25) is 12.9 Å². The molecule has 1 aliphatic heterocycles. The number of amides is 1. The van der Waals surface area contributed by atoms with Gasteiger partial charge in [-0.15, -0.1) is 5.10 Å². The zero-order valence-corrected chi connectivity index (χ0v) is 20.9. The summed E-state index contributed by atoms with van der Waals surface area (Å²) in [7, 11) is 0. The summed E-state index contributed by atoms with van der Waals surface area (Å²) >= 11 is 0. The molecule has 0 aliphatic carbocycles. The largest absolute Gasteiger partial charge is 0.404 e. The summed E-state index contributed by atoms with van der Waals surface area (Å²) in [5.41, 5.74) is 11.7. The van der Waals surface area contributed by atoms with Crippen molar-refractivity contribution in [1.82, 2.24) is 20.1 Å². The van der Waals surface area contributed by atoms with Crippen LogP contribution in [0.1, 0.15) is 46.9 Å². The number of nitrogens with one attached hydrogen (secondary N) is 2. The number of carbonyl (C=O) groups excluding carboxylic acids is 1. The molecule has 0 spiro atoms. The number of aromatic nitrogens is 3. The lowest BCUT2D eigenvalue weighted by molar-refractivity contribution is 0.0958. The van der Waals surface area contributed by atoms with E-state index in [2.05, 4.69) is 20.7 Å². The number of carbonyl (C=O) groups is 1. The maximum Gasteiger partial charge on any atom is 0.252 e. The van der Waals surface area contributed by atoms with Crippen molar-refractivity contribution in [2.75, 3.05) is 25.5 Å². The lowest BCUT2D eigenvalue weighted by Gasteiger charge is -2.12. The number of halogens is 3. The SMILES string of the molecule is CCn1nc(-c2ccc(/C(C=NCCF)=C/N)cc2)nc1Nc1cc2c(cc1C)C(=O)NC2C.FCF. The van der Waals surface area contributed by atoms with E-state index in [1.165, 1.54) is 6.20 Å². The predicted octanol–water partition coefficient (Wildman–Crippen LogP) is 5.04. The summed E-state index contributed by atoms with van der Waals surface area (Å²) < 4.78 is 33.4. The molecule has 2 aromatic carbocycles. The molecule has 3 aromatic rings. The molecule has 11 heteroatoms. The quantitative estimate of drug-likeness (QED) is 0.366. The van der Waals surface area contributed by atoms with Gasteiger partial charge in [0.05, 0.1) is 12.6 Å². The minimum atomic E-state index is -1.75. The molecule has 0 bridgehead atoms. The summed E-state index contributed by atoms with van der Waals surface area (Å²) in [6.45, 7) is 4.43. The molecule has 1 atom stereocenters. The molecule has 8 nitrogen and oxygen atoms in total. The standard InChI is InChI=1S/C25H28FN7O.CH2F2/c1-4-33-25(30-22-12-20-16(3)29-24(34)21(20)11-15(22)2)31-23(32-33)18-7-5-17(6-8-18)19(13-27)14-28-10-9-26;2-1-3/h5-8,11-14,16H,4,9-10,27H2,1-3H3,(H,29,34)(H,30,31,32);1H2/b19-13+,28-14?;. The number of benzene rings is 2. The fraction of sp³-hybridized carbons (Fsp3) is 0.308. The van der Waals surface area contributed by atoms with E-state index in [0.29, 0.717) is 29.5 Å². The molecule has 4 N–H and O–H groups in total. The highest BCUT2D eigenvalue weighted by Crippen LogP contribution is 2.32. The number of alkyl halides is 3. The van der Waals surface area contributed by atoms with Crippen molar-refractivity contribution in [1.29, 1.82) is 0 Å². The Kier molecular flexibility index (Phi) is 9.42. The van der Waals surface area contributed by atoms with Crippen LogP contribution in [0.4, 0.5) is 24.8 Å². The third kappa shape index (κ3) is 6.35. The van der Waals surface area contributed by atoms with Crippen molar-refractivity contribution < 1.29 is 18.0 Å². The first kappa shape index (κ1) is 27.4. The van der Waals surface area contributed by atoms with E-state index < -0.39 is 13.6 Å². The molecule has 196 valence electrons. The third-order valence-electron chi connectivity index (χ3n) is 5.77. The number of fused-ring (bicyclic) bond motifs is 1. The minimum absolute atomic E-state index is 0.0313. The summed E-state index contributed by atoms with van der Waals surface area (Å²) in [6, 6.07) is 11.5. The van der Waals surface area contributed by atoms with E-state index in [1.807, 2.05) is 57.2 Å². The first-order valence-corrected chi connectivity index (χ1v) is 11.7. The van der Waals surface area contributed by atoms with Gasteiger partial charge in [-0.05, 0) is 49.6 Å². The maximum absolute atomic E-state index is 12.3. The monoisotopic (exact) mass is 513 g/mol. The smallest absolute Gasteiger partial charge is 0.252 e. The number of aliphatic imine (C=N–C) groups is 1. The van der Waals surface area contributed by atoms with Crippen LogP contribution in [-0.2, 0) is 6.54 Å². The van der Waals surface area contributed by atoms with E-state index in [1.54, 1.807) is 10.9 Å². The van der Waals surface area contributed by atoms with Crippen LogP contribution in [0.2, 0.25) is 0 Å². The summed E-state index contributed by atoms with van der Waals surface area (Å²) in [6.07, 6.45) is 3.02. The van der Waals surface area contributed by atoms with Gasteiger partial charge in [-0.1, -0.05) is 24.3 Å². The Balaban J connectivity index is 0.00000121. The highest BCUT2D eigenvalue weighted by Gasteiger charge is 2.26. The van der Waals surface area contributed by atoms with Gasteiger partial charge in [-0.25, -0.2) is 17.9 Å². The molecule has 1 aliphatic rings. The molecule has 1 unspecified atom stereocenters. The number of hydrogen-bond acceptors (Lipinski definition) is 6. The zero-order chi connectivity index (χ0) is 26.9. The molecule has 37 heavy (non-hydrogen) atoms. The Morgan fingerprint density at radius 1 is 1.24 bits per heavy atom. The summed E-state index contributed by atoms with van der Waals surface area (Å²) in [4.78, 5) is 20.9. The molecular formula is C26H30F3N7O. The van der Waals surface area contributed by atoms with Gasteiger partial charge in [-0.2, -0.15) is 4.98 Å². The van der Waals surface area contributed by atoms with Crippen LogP contribution < -0.4 is 16.4 Å². The molecular weight excluding hydrogens is 483 g/mol. The van der Waals surface area contributed by atoms with Crippen molar-refractivity contribution in [2.45, 2.75) is 33.4 Å². The fourth-order valence-electron chi connectivity index (χ4n) is 3.90. The van der Waals surface area contributed by atoms with Crippen LogP contribution >= 0.6 is 0 Å². The van der Waals surface area contributed by atoms with Gasteiger partial charge in [-0.3, -0.25) is 9.79 Å². The van der Waals surface area contributed by atoms with E-state index >= 15 is 0 Å². The van der Waals surface area contributed by atoms with Gasteiger partial charge in [0.15, 0.2) is 5.82 Å². The van der Waals surface area contributed by atoms with Gasteiger partial charge in [0.1, 0.15) is 6.67 Å². The molecule has 0 saturated heterocycles. The van der Waals surface area contributed by atoms with Crippen LogP contribution in [0.15, 0.2) is 47.6 Å². The average molecular weight is 514 g/mol. The topological polar surface area (TPSA) is 110 Å². The zero-order valence-electron chi connectivity index (χ0n) is 20.9. The second-order valence-electron chi connectivity index (χ2n) is 8.17. The lowest BCUT2D eigenvalue weighted by Crippen LogP contribution is -2.16. The minimum Gasteiger partial charge on any atom is -0.404 e. The normalized spacial score (nSPS) is 14.8. The molecule has 4 rings (SSSR count). The third-order valence-corrected chi connectivity index (χ3v) is 5.77. The summed E-state index contributed by atoms with van der Waals surface area (Å²) in [5.74, 6) is 1.17. The number of nitrogens with two attached hydrogens (primary N) is 1. The van der Waals surface area contributed by atoms with Crippen LogP contribution in [0.3, 0.4) is 0 Å². The van der Waals surface area contributed by atoms with Crippen molar-refractivity contribution >= 4 is 29.3 Å². The second-order valence-corrected chi connectivity index (χ2v) is 8.17. The van der Waals surface area contributed by atoms with Crippen LogP contribution in [0.5, 0.6) is 0 Å². The molecule has 1 amide bonds. The Labute approximate surface area is 213 Å². The fourth-order valence-corrected chi connectivity index (χ4v) is 3.90. The van der Waals surface area contributed by atoms with Crippen molar-refractivity contribution in [2.24, 2.45) is 10.7 Å². The Morgan fingerprint density at radius 3 is 2.57 bits per heavy atom. The van der Waals surface area contributed by atoms with Crippen LogP contribution in [0, 0.1) is 6.92 Å². The Morgan fingerprint density at radius 2 is 1.95 bits per heavy atom. The van der Waals surface area contributed by atoms with E-state index in [4.69, 9.17) is 10.7 Å². The van der Waals surface area contributed by atoms with Crippen LogP contribution in [0.25, 0.3) is 17.0 Å². The highest BCUT2D eigenvalue weighted by atomic mass is 19.3. The number of hydrogen-bond donors (Lipinski definition) is 3. The number of allylic oxidation sites excluding steroid dienone is 1. The highest BCUT2D eigenvalue weighted by molar-refractivity contribution is 6.09. The molecule has 1 aromatic heterocycles. The Hall–Kier alpha value is -4.15. The first-order valence-electron chi connectivity index (χ1n) is 11.7. The van der Waals surface area contributed by atoms with Gasteiger partial charge < -0.3 is 16.4 Å². The first-order chi connectivity index (χ1) is 17.9. The number of rotatable bonds is 8. The van der Waals surface area contributed by atoms with Gasteiger partial charge in [0.25, 0.3) is 5.91 Å². The van der Waals surface area contributed by atoms with Gasteiger partial charge in [0, 0.05) is 41.3 Å². The summed E-state index contributed by atoms with van der Waals surface area (Å²) in [5, 5.41) is 11.0. The van der Waals surface area contributed by atoms with E-state index in [0.717, 1.165) is 27.9 Å². The molecule has 0 saturated carbocycles.